The van der Waals surface area contributed by atoms with Crippen LogP contribution < -0.4 is 20.3 Å². The van der Waals surface area contributed by atoms with Gasteiger partial charge in [-0.05, 0) is 66.8 Å². The number of hydrogen-bond acceptors (Lipinski definition) is 8. The van der Waals surface area contributed by atoms with Gasteiger partial charge in [0.05, 0.1) is 37.2 Å². The summed E-state index contributed by atoms with van der Waals surface area (Å²) in [6, 6.07) is 21.1. The van der Waals surface area contributed by atoms with E-state index in [1.165, 1.54) is 21.3 Å². The summed E-state index contributed by atoms with van der Waals surface area (Å²) in [6.07, 6.45) is 1.72. The van der Waals surface area contributed by atoms with Crippen LogP contribution in [0.5, 0.6) is 5.75 Å². The summed E-state index contributed by atoms with van der Waals surface area (Å²) in [6.45, 7) is -0.103. The number of amides is 1. The molecule has 11 heteroatoms. The van der Waals surface area contributed by atoms with E-state index in [9.17, 15) is 9.59 Å². The first-order valence-electron chi connectivity index (χ1n) is 12.7. The molecule has 0 saturated carbocycles. The molecule has 0 radical (unpaired) electrons. The van der Waals surface area contributed by atoms with Crippen molar-refractivity contribution in [3.05, 3.63) is 96.0 Å². The van der Waals surface area contributed by atoms with Crippen molar-refractivity contribution >= 4 is 40.6 Å². The molecule has 1 aliphatic heterocycles. The predicted molar refractivity (Wildman–Crippen MR) is 157 cm³/mol. The molecule has 5 rings (SSSR count). The lowest BCUT2D eigenvalue weighted by Gasteiger charge is -2.27. The molecule has 2 aromatic heterocycles. The molecule has 4 aromatic rings. The molecule has 1 fully saturated rings. The zero-order chi connectivity index (χ0) is 28.9. The summed E-state index contributed by atoms with van der Waals surface area (Å²) in [5, 5.41) is 6.68. The van der Waals surface area contributed by atoms with Crippen molar-refractivity contribution in [3.8, 4) is 17.1 Å². The molecule has 1 amide bonds. The molecule has 1 saturated heterocycles. The Kier molecular flexibility index (Phi) is 8.27. The van der Waals surface area contributed by atoms with Gasteiger partial charge < -0.3 is 34.2 Å². The van der Waals surface area contributed by atoms with Crippen molar-refractivity contribution < 1.29 is 28.2 Å². The van der Waals surface area contributed by atoms with Crippen molar-refractivity contribution in [3.63, 3.8) is 0 Å². The Balaban J connectivity index is 1.57. The van der Waals surface area contributed by atoms with Gasteiger partial charge in [0.2, 0.25) is 5.91 Å². The second kappa shape index (κ2) is 12.2. The Hall–Kier alpha value is -4.74. The van der Waals surface area contributed by atoms with Crippen LogP contribution in [0.1, 0.15) is 33.9 Å². The average Bonchev–Trinajstić information content (AvgIpc) is 3.62. The highest BCUT2D eigenvalue weighted by molar-refractivity contribution is 7.80. The molecule has 2 N–H and O–H groups in total. The zero-order valence-corrected chi connectivity index (χ0v) is 23.4. The average molecular weight is 573 g/mol. The largest absolute Gasteiger partial charge is 0.495 e. The number of carbonyl (C=O) groups excluding carboxylic acids is 2. The first-order chi connectivity index (χ1) is 19.9. The van der Waals surface area contributed by atoms with Crippen LogP contribution in [0, 0.1) is 0 Å². The first kappa shape index (κ1) is 27.8. The Morgan fingerprint density at radius 2 is 1.90 bits per heavy atom. The van der Waals surface area contributed by atoms with E-state index in [0.29, 0.717) is 39.3 Å². The van der Waals surface area contributed by atoms with E-state index in [1.54, 1.807) is 36.5 Å². The summed E-state index contributed by atoms with van der Waals surface area (Å²) in [5.74, 6) is 0.925. The number of hydrogen-bond donors (Lipinski definition) is 2. The van der Waals surface area contributed by atoms with Crippen molar-refractivity contribution in [2.45, 2.75) is 12.1 Å². The minimum atomic E-state index is -0.439. The lowest BCUT2D eigenvalue weighted by atomic mass is 10.0. The van der Waals surface area contributed by atoms with Crippen LogP contribution in [-0.2, 0) is 14.3 Å². The molecule has 2 aromatic carbocycles. The van der Waals surface area contributed by atoms with E-state index in [-0.39, 0.29) is 18.6 Å². The minimum absolute atomic E-state index is 0.103. The highest BCUT2D eigenvalue weighted by Gasteiger charge is 2.43. The molecule has 0 aliphatic carbocycles. The molecular formula is C30H28N4O6S. The maximum absolute atomic E-state index is 12.3. The van der Waals surface area contributed by atoms with Crippen LogP contribution in [0.4, 0.5) is 11.4 Å². The van der Waals surface area contributed by atoms with Crippen LogP contribution in [0.2, 0.25) is 0 Å². The highest BCUT2D eigenvalue weighted by Crippen LogP contribution is 2.44. The fourth-order valence-corrected chi connectivity index (χ4v) is 5.11. The van der Waals surface area contributed by atoms with E-state index < -0.39 is 12.0 Å². The minimum Gasteiger partial charge on any atom is -0.495 e. The quantitative estimate of drug-likeness (QED) is 0.212. The smallest absolute Gasteiger partial charge is 0.337 e. The van der Waals surface area contributed by atoms with Crippen LogP contribution in [0.15, 0.2) is 83.4 Å². The van der Waals surface area contributed by atoms with Gasteiger partial charge in [-0.1, -0.05) is 18.2 Å². The number of aromatic nitrogens is 1. The molecule has 41 heavy (non-hydrogen) atoms. The third kappa shape index (κ3) is 5.76. The van der Waals surface area contributed by atoms with Crippen molar-refractivity contribution in [2.24, 2.45) is 0 Å². The third-order valence-electron chi connectivity index (χ3n) is 6.60. The summed E-state index contributed by atoms with van der Waals surface area (Å²) < 4.78 is 21.7. The third-order valence-corrected chi connectivity index (χ3v) is 6.91. The van der Waals surface area contributed by atoms with Gasteiger partial charge in [-0.25, -0.2) is 4.79 Å². The van der Waals surface area contributed by atoms with Gasteiger partial charge in [0.1, 0.15) is 29.9 Å². The number of ether oxygens (including phenoxy) is 3. The predicted octanol–water partition coefficient (Wildman–Crippen LogP) is 4.90. The maximum Gasteiger partial charge on any atom is 0.337 e. The molecule has 210 valence electrons. The molecule has 0 unspecified atom stereocenters. The van der Waals surface area contributed by atoms with E-state index in [1.807, 2.05) is 47.4 Å². The summed E-state index contributed by atoms with van der Waals surface area (Å²) in [5.41, 5.74) is 3.08. The summed E-state index contributed by atoms with van der Waals surface area (Å²) >= 11 is 5.83. The number of carbonyl (C=O) groups is 2. The number of furan rings is 1. The number of rotatable bonds is 9. The van der Waals surface area contributed by atoms with Gasteiger partial charge in [-0.15, -0.1) is 0 Å². The number of benzene rings is 2. The highest BCUT2D eigenvalue weighted by atomic mass is 32.1. The van der Waals surface area contributed by atoms with Crippen LogP contribution >= 0.6 is 12.2 Å². The lowest BCUT2D eigenvalue weighted by molar-refractivity contribution is -0.119. The maximum atomic E-state index is 12.3. The van der Waals surface area contributed by atoms with Crippen LogP contribution in [0.3, 0.4) is 0 Å². The van der Waals surface area contributed by atoms with Crippen molar-refractivity contribution in [1.82, 2.24) is 10.3 Å². The van der Waals surface area contributed by atoms with Gasteiger partial charge in [-0.3, -0.25) is 9.78 Å². The standard InChI is InChI=1S/C30H28N4O6S/c1-37-17-26(35)32-22-16-20(10-11-24(22)38-2)34-28(27(33-30(34)41)21-9-4-5-14-31-21)25-13-12-23(40-25)18-7-6-8-19(15-18)29(36)39-3/h4-16,27-28H,17H2,1-3H3,(H,32,35)(H,33,41)/t27-,28+/m1/s1. The molecule has 1 aliphatic rings. The number of thiocarbonyl (C=S) groups is 1. The van der Waals surface area contributed by atoms with E-state index in [2.05, 4.69) is 15.6 Å². The summed E-state index contributed by atoms with van der Waals surface area (Å²) in [4.78, 5) is 30.9. The monoisotopic (exact) mass is 572 g/mol. The van der Waals surface area contributed by atoms with Crippen LogP contribution in [-0.4, -0.2) is 49.9 Å². The molecular weight excluding hydrogens is 544 g/mol. The first-order valence-corrected chi connectivity index (χ1v) is 13.1. The van der Waals surface area contributed by atoms with Gasteiger partial charge in [0, 0.05) is 24.6 Å². The van der Waals surface area contributed by atoms with Crippen molar-refractivity contribution in [2.75, 3.05) is 38.2 Å². The van der Waals surface area contributed by atoms with E-state index in [0.717, 1.165) is 11.3 Å². The Bertz CT molecular complexity index is 1570. The normalized spacial score (nSPS) is 16.3. The number of nitrogens with zero attached hydrogens (tertiary/aromatic N) is 2. The number of esters is 1. The second-order valence-corrected chi connectivity index (χ2v) is 9.52. The van der Waals surface area contributed by atoms with Gasteiger partial charge in [0.25, 0.3) is 0 Å². The van der Waals surface area contributed by atoms with E-state index in [4.69, 9.17) is 30.8 Å². The van der Waals surface area contributed by atoms with Crippen LogP contribution in [0.25, 0.3) is 11.3 Å². The zero-order valence-electron chi connectivity index (χ0n) is 22.6. The fourth-order valence-electron chi connectivity index (χ4n) is 4.77. The number of methoxy groups -OCH3 is 3. The fraction of sp³-hybridized carbons (Fsp3) is 0.200. The van der Waals surface area contributed by atoms with Gasteiger partial charge in [-0.2, -0.15) is 0 Å². The van der Waals surface area contributed by atoms with Gasteiger partial charge >= 0.3 is 5.97 Å². The molecule has 2 atom stereocenters. The van der Waals surface area contributed by atoms with E-state index >= 15 is 0 Å². The Morgan fingerprint density at radius 3 is 2.63 bits per heavy atom. The number of nitrogens with one attached hydrogen (secondary N) is 2. The Morgan fingerprint density at radius 1 is 1.05 bits per heavy atom. The lowest BCUT2D eigenvalue weighted by Crippen LogP contribution is -2.29. The molecule has 3 heterocycles. The van der Waals surface area contributed by atoms with Gasteiger partial charge in [0.15, 0.2) is 5.11 Å². The Labute approximate surface area is 242 Å². The SMILES string of the molecule is COCC(=O)Nc1cc(N2C(=S)N[C@H](c3ccccn3)[C@@H]2c2ccc(-c3cccc(C(=O)OC)c3)o2)ccc1OC. The summed E-state index contributed by atoms with van der Waals surface area (Å²) in [7, 11) is 4.33. The molecule has 10 nitrogen and oxygen atoms in total. The topological polar surface area (TPSA) is 115 Å². The second-order valence-electron chi connectivity index (χ2n) is 9.14. The number of pyridine rings is 1. The number of anilines is 2. The molecule has 0 spiro atoms. The van der Waals surface area contributed by atoms with Crippen molar-refractivity contribution in [1.29, 1.82) is 0 Å². The molecule has 0 bridgehead atoms.